The molecule has 2 fully saturated rings. The molecule has 0 unspecified atom stereocenters. The quantitative estimate of drug-likeness (QED) is 0.0417. The maximum atomic E-state index is 7.48. The van der Waals surface area contributed by atoms with E-state index in [0.717, 1.165) is 38.9 Å². The molecule has 0 saturated carbocycles. The fourth-order valence-electron chi connectivity index (χ4n) is 9.34. The van der Waals surface area contributed by atoms with Gasteiger partial charge in [0, 0.05) is 7.11 Å². The highest BCUT2D eigenvalue weighted by molar-refractivity contribution is 8.00. The molecule has 76 heavy (non-hydrogen) atoms. The van der Waals surface area contributed by atoms with Crippen LogP contribution < -0.4 is 0 Å². The lowest BCUT2D eigenvalue weighted by Gasteiger charge is -2.50. The second kappa shape index (κ2) is 30.4. The van der Waals surface area contributed by atoms with Crippen LogP contribution in [0.5, 0.6) is 0 Å². The van der Waals surface area contributed by atoms with E-state index in [1.54, 1.807) is 18.9 Å². The van der Waals surface area contributed by atoms with Gasteiger partial charge in [0.2, 0.25) is 0 Å². The molecule has 2 heterocycles. The lowest BCUT2D eigenvalue weighted by atomic mass is 9.98. The second-order valence-electron chi connectivity index (χ2n) is 18.9. The van der Waals surface area contributed by atoms with Crippen molar-refractivity contribution in [2.45, 2.75) is 106 Å². The fraction of sp³-hybridized carbons (Fsp3) is 0.344. The van der Waals surface area contributed by atoms with E-state index < -0.39 is 59.7 Å². The number of benzene rings is 7. The van der Waals surface area contributed by atoms with E-state index in [9.17, 15) is 0 Å². The predicted octanol–water partition coefficient (Wildman–Crippen LogP) is 11.6. The molecule has 398 valence electrons. The Labute approximate surface area is 452 Å². The lowest BCUT2D eigenvalue weighted by molar-refractivity contribution is -0.292. The second-order valence-corrected chi connectivity index (χ2v) is 20.1. The van der Waals surface area contributed by atoms with Crippen molar-refractivity contribution in [3.05, 3.63) is 251 Å². The SMILES string of the molecule is COCCO[C@@H]1O[C@H](COCc2ccccc2)[C@H](S[C@H]2O[C@H](COCc3ccccc3)[C@H](OCc3ccccc3)[C@H](OCc3ccccc3)[C@H]2OCc2ccccc2)[C@H](OCc2ccccc2)[C@H]1OCc1ccccc1. The zero-order valence-electron chi connectivity index (χ0n) is 43.2. The van der Waals surface area contributed by atoms with Gasteiger partial charge in [0.25, 0.3) is 0 Å². The number of ether oxygens (including phenoxy) is 11. The van der Waals surface area contributed by atoms with Gasteiger partial charge in [0.15, 0.2) is 6.29 Å². The van der Waals surface area contributed by atoms with Gasteiger partial charge in [-0.3, -0.25) is 0 Å². The molecule has 7 aromatic rings. The third-order valence-electron chi connectivity index (χ3n) is 13.3. The summed E-state index contributed by atoms with van der Waals surface area (Å²) >= 11 is 1.59. The number of rotatable bonds is 29. The van der Waals surface area contributed by atoms with E-state index in [-0.39, 0.29) is 33.0 Å². The van der Waals surface area contributed by atoms with Crippen molar-refractivity contribution in [3.63, 3.8) is 0 Å². The predicted molar refractivity (Wildman–Crippen MR) is 294 cm³/mol. The molecule has 0 aromatic heterocycles. The van der Waals surface area contributed by atoms with Gasteiger partial charge in [-0.2, -0.15) is 0 Å². The van der Waals surface area contributed by atoms with Crippen LogP contribution in [0, 0.1) is 0 Å². The molecule has 11 nitrogen and oxygen atoms in total. The first-order chi connectivity index (χ1) is 37.7. The summed E-state index contributed by atoms with van der Waals surface area (Å²) in [5.74, 6) is 0. The Hall–Kier alpha value is -5.55. The molecule has 0 spiro atoms. The van der Waals surface area contributed by atoms with Crippen molar-refractivity contribution in [2.75, 3.05) is 33.5 Å². The summed E-state index contributed by atoms with van der Waals surface area (Å²) in [5.41, 5.74) is 6.45. The van der Waals surface area contributed by atoms with Crippen molar-refractivity contribution >= 4 is 11.8 Å². The van der Waals surface area contributed by atoms with Gasteiger partial charge < -0.3 is 52.1 Å². The smallest absolute Gasteiger partial charge is 0.186 e. The largest absolute Gasteiger partial charge is 0.382 e. The van der Waals surface area contributed by atoms with Crippen LogP contribution in [0.15, 0.2) is 212 Å². The molecule has 2 aliphatic rings. The number of methoxy groups -OCH3 is 1. The Kier molecular flexibility index (Phi) is 22.1. The average Bonchev–Trinajstić information content (AvgIpc) is 3.50. The molecule has 9 rings (SSSR count). The molecule has 0 bridgehead atoms. The summed E-state index contributed by atoms with van der Waals surface area (Å²) in [7, 11) is 1.65. The maximum absolute atomic E-state index is 7.48. The molecular weight excluding hydrogens is 977 g/mol. The van der Waals surface area contributed by atoms with Crippen LogP contribution in [-0.4, -0.2) is 93.2 Å². The van der Waals surface area contributed by atoms with Gasteiger partial charge in [-0.05, 0) is 38.9 Å². The summed E-state index contributed by atoms with van der Waals surface area (Å²) in [4.78, 5) is 0. The van der Waals surface area contributed by atoms with Crippen molar-refractivity contribution in [3.8, 4) is 0 Å². The van der Waals surface area contributed by atoms with Crippen LogP contribution in [0.1, 0.15) is 38.9 Å². The van der Waals surface area contributed by atoms with Crippen LogP contribution in [0.4, 0.5) is 0 Å². The van der Waals surface area contributed by atoms with Crippen molar-refractivity contribution in [1.82, 2.24) is 0 Å². The topological polar surface area (TPSA) is 102 Å². The first-order valence-corrected chi connectivity index (χ1v) is 27.2. The van der Waals surface area contributed by atoms with E-state index in [2.05, 4.69) is 72.8 Å². The minimum Gasteiger partial charge on any atom is -0.382 e. The fourth-order valence-corrected chi connectivity index (χ4v) is 10.9. The maximum Gasteiger partial charge on any atom is 0.186 e. The van der Waals surface area contributed by atoms with Crippen LogP contribution in [0.2, 0.25) is 0 Å². The van der Waals surface area contributed by atoms with E-state index in [4.69, 9.17) is 52.1 Å². The Balaban J connectivity index is 1.12. The van der Waals surface area contributed by atoms with Gasteiger partial charge >= 0.3 is 0 Å². The van der Waals surface area contributed by atoms with Crippen LogP contribution in [-0.2, 0) is 98.4 Å². The summed E-state index contributed by atoms with van der Waals surface area (Å²) in [6.45, 7) is 3.28. The van der Waals surface area contributed by atoms with Gasteiger partial charge in [0.1, 0.15) is 42.1 Å². The molecule has 10 atom stereocenters. The first-order valence-electron chi connectivity index (χ1n) is 26.2. The molecule has 7 aromatic carbocycles. The van der Waals surface area contributed by atoms with Crippen LogP contribution >= 0.6 is 11.8 Å². The highest BCUT2D eigenvalue weighted by Gasteiger charge is 2.54. The summed E-state index contributed by atoms with van der Waals surface area (Å²) in [6, 6.07) is 71.1. The monoisotopic (exact) mass is 1050 g/mol. The van der Waals surface area contributed by atoms with E-state index >= 15 is 0 Å². The average molecular weight is 1050 g/mol. The summed E-state index contributed by atoms with van der Waals surface area (Å²) in [5, 5.41) is -0.488. The Morgan fingerprint density at radius 3 is 1.08 bits per heavy atom. The highest BCUT2D eigenvalue weighted by Crippen LogP contribution is 2.43. The Morgan fingerprint density at radius 2 is 0.671 bits per heavy atom. The molecule has 12 heteroatoms. The Bertz CT molecular complexity index is 2630. The van der Waals surface area contributed by atoms with Crippen molar-refractivity contribution in [2.24, 2.45) is 0 Å². The van der Waals surface area contributed by atoms with Crippen LogP contribution in [0.25, 0.3) is 0 Å². The molecule has 0 radical (unpaired) electrons. The Morgan fingerprint density at radius 1 is 0.329 bits per heavy atom. The first kappa shape index (κ1) is 55.2. The van der Waals surface area contributed by atoms with Crippen molar-refractivity contribution in [1.29, 1.82) is 0 Å². The highest BCUT2D eigenvalue weighted by atomic mass is 32.2. The summed E-state index contributed by atoms with van der Waals surface area (Å²) < 4.78 is 75.6. The zero-order chi connectivity index (χ0) is 51.8. The molecule has 0 aliphatic carbocycles. The molecular formula is C64H70O11S. The normalized spacial score (nSPS) is 23.5. The van der Waals surface area contributed by atoms with Gasteiger partial charge in [-0.15, -0.1) is 11.8 Å². The van der Waals surface area contributed by atoms with Gasteiger partial charge in [-0.25, -0.2) is 0 Å². The van der Waals surface area contributed by atoms with E-state index in [1.807, 2.05) is 140 Å². The van der Waals surface area contributed by atoms with E-state index in [1.165, 1.54) is 0 Å². The number of hydrogen-bond acceptors (Lipinski definition) is 12. The lowest BCUT2D eigenvalue weighted by Crippen LogP contribution is -2.63. The molecule has 0 amide bonds. The molecule has 0 N–H and O–H groups in total. The van der Waals surface area contributed by atoms with Crippen molar-refractivity contribution < 1.29 is 52.1 Å². The zero-order valence-corrected chi connectivity index (χ0v) is 44.0. The minimum absolute atomic E-state index is 0.204. The minimum atomic E-state index is -0.851. The standard InChI is InChI=1S/C64H70O11S/c1-65-37-38-68-63-60(72-44-53-33-19-7-20-34-53)59(71-43-52-31-17-6-18-32-52)62(56(74-63)47-67-40-49-25-11-3-12-26-49)76-64-61(73-45-54-35-21-8-22-36-54)58(70-42-51-29-15-5-16-30-51)57(69-41-50-27-13-4-14-28-50)55(75-64)46-66-39-48-23-9-2-10-24-48/h2-36,55-64H,37-47H2,1H3/t55-,56-,57+,58+,59-,60-,61-,62+,63-,64-/m1/s1. The number of hydrogen-bond donors (Lipinski definition) is 0. The van der Waals surface area contributed by atoms with Gasteiger partial charge in [0.05, 0.1) is 84.0 Å². The van der Waals surface area contributed by atoms with Gasteiger partial charge in [-0.1, -0.05) is 212 Å². The summed E-state index contributed by atoms with van der Waals surface area (Å²) in [6.07, 6.45) is -5.39. The molecule has 2 aliphatic heterocycles. The third kappa shape index (κ3) is 16.7. The molecule has 2 saturated heterocycles. The van der Waals surface area contributed by atoms with Crippen LogP contribution in [0.3, 0.4) is 0 Å². The third-order valence-corrected chi connectivity index (χ3v) is 14.8. The van der Waals surface area contributed by atoms with E-state index in [0.29, 0.717) is 39.6 Å². The number of thioether (sulfide) groups is 1.